The normalized spacial score (nSPS) is 10.6. The molecule has 3 rings (SSSR count). The molecule has 0 aliphatic heterocycles. The quantitative estimate of drug-likeness (QED) is 0.763. The summed E-state index contributed by atoms with van der Waals surface area (Å²) >= 11 is 0. The van der Waals surface area contributed by atoms with Gasteiger partial charge in [0, 0.05) is 5.39 Å². The van der Waals surface area contributed by atoms with E-state index in [1.54, 1.807) is 18.2 Å². The number of hydrogen-bond donors (Lipinski definition) is 2. The summed E-state index contributed by atoms with van der Waals surface area (Å²) in [6.45, 7) is 0.418. The highest BCUT2D eigenvalue weighted by molar-refractivity contribution is 6.02. The number of rotatable bonds is 4. The van der Waals surface area contributed by atoms with Crippen LogP contribution in [0.4, 0.5) is 0 Å². The minimum absolute atomic E-state index is 0.00478. The van der Waals surface area contributed by atoms with Gasteiger partial charge in [-0.05, 0) is 11.6 Å². The summed E-state index contributed by atoms with van der Waals surface area (Å²) in [6, 6.07) is 15.0. The lowest BCUT2D eigenvalue weighted by atomic mass is 10.2. The second-order valence-corrected chi connectivity index (χ2v) is 4.33. The fourth-order valence-corrected chi connectivity index (χ4v) is 2.03. The summed E-state index contributed by atoms with van der Waals surface area (Å²) in [4.78, 5) is 11.0. The first kappa shape index (κ1) is 12.2. The van der Waals surface area contributed by atoms with Crippen LogP contribution in [0.2, 0.25) is 0 Å². The fraction of sp³-hybridized carbons (Fsp3) is 0.0667. The number of carboxylic acid groups (broad SMARTS) is 1. The van der Waals surface area contributed by atoms with Crippen LogP contribution in [0.1, 0.15) is 16.1 Å². The van der Waals surface area contributed by atoms with Gasteiger partial charge in [0.05, 0.1) is 0 Å². The number of para-hydroxylation sites is 1. The summed E-state index contributed by atoms with van der Waals surface area (Å²) in [7, 11) is 0. The molecule has 1 aromatic heterocycles. The molecule has 0 atom stereocenters. The van der Waals surface area contributed by atoms with E-state index in [9.17, 15) is 4.79 Å². The van der Waals surface area contributed by atoms with E-state index >= 15 is 0 Å². The molecular weight excluding hydrogens is 256 g/mol. The van der Waals surface area contributed by atoms with E-state index in [2.05, 4.69) is 10.2 Å². The van der Waals surface area contributed by atoms with Crippen LogP contribution in [0.25, 0.3) is 10.9 Å². The molecular formula is C15H12N2O3. The minimum atomic E-state index is -1.06. The third kappa shape index (κ3) is 2.21. The van der Waals surface area contributed by atoms with E-state index in [1.807, 2.05) is 30.3 Å². The molecule has 5 nitrogen and oxygen atoms in total. The number of aromatic carboxylic acids is 1. The number of carboxylic acids is 1. The van der Waals surface area contributed by atoms with E-state index in [1.165, 1.54) is 0 Å². The molecule has 0 saturated heterocycles. The number of carbonyl (C=O) groups is 1. The molecule has 0 fully saturated rings. The van der Waals surface area contributed by atoms with Crippen molar-refractivity contribution in [3.63, 3.8) is 0 Å². The molecule has 20 heavy (non-hydrogen) atoms. The number of nitrogens with one attached hydrogen (secondary N) is 1. The first-order chi connectivity index (χ1) is 9.75. The lowest BCUT2D eigenvalue weighted by Crippen LogP contribution is -1.97. The van der Waals surface area contributed by atoms with E-state index < -0.39 is 5.97 Å². The van der Waals surface area contributed by atoms with E-state index in [0.29, 0.717) is 23.3 Å². The summed E-state index contributed by atoms with van der Waals surface area (Å²) in [5.74, 6) is -0.470. The molecule has 0 unspecified atom stereocenters. The monoisotopic (exact) mass is 268 g/mol. The number of hydrogen-bond acceptors (Lipinski definition) is 3. The van der Waals surface area contributed by atoms with Gasteiger partial charge in [0.2, 0.25) is 0 Å². The number of aromatic nitrogens is 2. The Hall–Kier alpha value is -2.82. The summed E-state index contributed by atoms with van der Waals surface area (Å²) in [6.07, 6.45) is 0. The lowest BCUT2D eigenvalue weighted by molar-refractivity contribution is 0.0692. The van der Waals surface area contributed by atoms with Crippen molar-refractivity contribution in [3.8, 4) is 5.75 Å². The molecule has 100 valence electrons. The average Bonchev–Trinajstić information content (AvgIpc) is 2.91. The van der Waals surface area contributed by atoms with Crippen molar-refractivity contribution in [1.29, 1.82) is 0 Å². The van der Waals surface area contributed by atoms with Crippen LogP contribution in [0.3, 0.4) is 0 Å². The molecule has 0 bridgehead atoms. The number of ether oxygens (including phenoxy) is 1. The van der Waals surface area contributed by atoms with Gasteiger partial charge < -0.3 is 9.84 Å². The number of nitrogens with zero attached hydrogens (tertiary/aromatic N) is 1. The Kier molecular flexibility index (Phi) is 3.09. The van der Waals surface area contributed by atoms with Crippen molar-refractivity contribution in [2.45, 2.75) is 6.61 Å². The maximum absolute atomic E-state index is 11.0. The highest BCUT2D eigenvalue weighted by atomic mass is 16.5. The van der Waals surface area contributed by atoms with Crippen molar-refractivity contribution in [2.75, 3.05) is 0 Å². The zero-order valence-electron chi connectivity index (χ0n) is 10.5. The summed E-state index contributed by atoms with van der Waals surface area (Å²) in [5.41, 5.74) is 1.65. The van der Waals surface area contributed by atoms with Gasteiger partial charge in [0.25, 0.3) is 0 Å². The molecule has 0 aliphatic rings. The van der Waals surface area contributed by atoms with Crippen LogP contribution in [-0.4, -0.2) is 21.3 Å². The zero-order chi connectivity index (χ0) is 13.9. The van der Waals surface area contributed by atoms with Crippen LogP contribution in [0, 0.1) is 0 Å². The number of H-pyrrole nitrogens is 1. The van der Waals surface area contributed by atoms with Crippen molar-refractivity contribution >= 4 is 16.9 Å². The average molecular weight is 268 g/mol. The van der Waals surface area contributed by atoms with Crippen LogP contribution in [0.15, 0.2) is 48.5 Å². The molecule has 5 heteroatoms. The first-order valence-electron chi connectivity index (χ1n) is 6.13. The van der Waals surface area contributed by atoms with Crippen LogP contribution in [-0.2, 0) is 6.61 Å². The van der Waals surface area contributed by atoms with Crippen LogP contribution >= 0.6 is 0 Å². The highest BCUT2D eigenvalue weighted by Gasteiger charge is 2.15. The maximum Gasteiger partial charge on any atom is 0.357 e. The smallest absolute Gasteiger partial charge is 0.357 e. The third-order valence-electron chi connectivity index (χ3n) is 3.00. The van der Waals surface area contributed by atoms with Crippen molar-refractivity contribution < 1.29 is 14.6 Å². The second kappa shape index (κ2) is 5.05. The van der Waals surface area contributed by atoms with Gasteiger partial charge in [-0.3, -0.25) is 5.10 Å². The Morgan fingerprint density at radius 2 is 1.95 bits per heavy atom. The number of aromatic amines is 1. The van der Waals surface area contributed by atoms with Gasteiger partial charge in [-0.25, -0.2) is 4.79 Å². The fourth-order valence-electron chi connectivity index (χ4n) is 2.03. The Balaban J connectivity index is 1.90. The minimum Gasteiger partial charge on any atom is -0.487 e. The summed E-state index contributed by atoms with van der Waals surface area (Å²) < 4.78 is 5.73. The Bertz CT molecular complexity index is 750. The van der Waals surface area contributed by atoms with Crippen LogP contribution < -0.4 is 4.74 Å². The predicted octanol–water partition coefficient (Wildman–Crippen LogP) is 2.84. The van der Waals surface area contributed by atoms with Gasteiger partial charge in [-0.15, -0.1) is 0 Å². The topological polar surface area (TPSA) is 75.2 Å². The lowest BCUT2D eigenvalue weighted by Gasteiger charge is -2.06. The third-order valence-corrected chi connectivity index (χ3v) is 3.00. The maximum atomic E-state index is 11.0. The molecule has 2 N–H and O–H groups in total. The molecule has 0 saturated carbocycles. The molecule has 3 aromatic rings. The molecule has 0 amide bonds. The molecule has 0 aliphatic carbocycles. The number of benzene rings is 2. The molecule has 0 spiro atoms. The van der Waals surface area contributed by atoms with E-state index in [4.69, 9.17) is 9.84 Å². The van der Waals surface area contributed by atoms with Crippen molar-refractivity contribution in [3.05, 3.63) is 59.8 Å². The largest absolute Gasteiger partial charge is 0.487 e. The zero-order valence-corrected chi connectivity index (χ0v) is 10.5. The number of fused-ring (bicyclic) bond motifs is 1. The van der Waals surface area contributed by atoms with Gasteiger partial charge in [-0.2, -0.15) is 5.10 Å². The highest BCUT2D eigenvalue weighted by Crippen LogP contribution is 2.26. The van der Waals surface area contributed by atoms with Gasteiger partial charge >= 0.3 is 5.97 Å². The SMILES string of the molecule is O=C(O)c1n[nH]c2c(OCc3ccccc3)cccc12. The van der Waals surface area contributed by atoms with Gasteiger partial charge in [-0.1, -0.05) is 42.5 Å². The first-order valence-corrected chi connectivity index (χ1v) is 6.13. The van der Waals surface area contributed by atoms with E-state index in [0.717, 1.165) is 5.56 Å². The van der Waals surface area contributed by atoms with Gasteiger partial charge in [0.1, 0.15) is 17.9 Å². The van der Waals surface area contributed by atoms with Crippen molar-refractivity contribution in [2.24, 2.45) is 0 Å². The standard InChI is InChI=1S/C15H12N2O3/c18-15(19)14-11-7-4-8-12(13(11)16-17-14)20-9-10-5-2-1-3-6-10/h1-8H,9H2,(H,16,17)(H,18,19). The van der Waals surface area contributed by atoms with E-state index in [-0.39, 0.29) is 5.69 Å². The Morgan fingerprint density at radius 1 is 1.15 bits per heavy atom. The Morgan fingerprint density at radius 3 is 2.70 bits per heavy atom. The predicted molar refractivity (Wildman–Crippen MR) is 73.8 cm³/mol. The Labute approximate surface area is 114 Å². The molecule has 0 radical (unpaired) electrons. The molecule has 2 aromatic carbocycles. The summed E-state index contributed by atoms with van der Waals surface area (Å²) in [5, 5.41) is 16.1. The second-order valence-electron chi connectivity index (χ2n) is 4.33. The van der Waals surface area contributed by atoms with Crippen molar-refractivity contribution in [1.82, 2.24) is 10.2 Å². The van der Waals surface area contributed by atoms with Gasteiger partial charge in [0.15, 0.2) is 5.69 Å². The van der Waals surface area contributed by atoms with Crippen LogP contribution in [0.5, 0.6) is 5.75 Å². The molecule has 1 heterocycles.